The van der Waals surface area contributed by atoms with Gasteiger partial charge in [-0.25, -0.2) is 22.9 Å². The highest BCUT2D eigenvalue weighted by atomic mass is 35.5. The van der Waals surface area contributed by atoms with Crippen LogP contribution in [0.15, 0.2) is 59.5 Å². The highest BCUT2D eigenvalue weighted by Crippen LogP contribution is 2.37. The second kappa shape index (κ2) is 9.90. The first kappa shape index (κ1) is 22.0. The van der Waals surface area contributed by atoms with Gasteiger partial charge in [-0.15, -0.1) is 0 Å². The molecule has 8 nitrogen and oxygen atoms in total. The Balaban J connectivity index is 1.80. The van der Waals surface area contributed by atoms with Crippen molar-refractivity contribution in [2.24, 2.45) is 0 Å². The summed E-state index contributed by atoms with van der Waals surface area (Å²) >= 11 is 6.86. The smallest absolute Gasteiger partial charge is 0.333 e. The molecule has 0 saturated carbocycles. The number of methoxy groups -OCH3 is 1. The summed E-state index contributed by atoms with van der Waals surface area (Å²) in [4.78, 5) is 16.7. The highest BCUT2D eigenvalue weighted by molar-refractivity contribution is 7.90. The van der Waals surface area contributed by atoms with Crippen molar-refractivity contribution >= 4 is 44.0 Å². The van der Waals surface area contributed by atoms with E-state index in [4.69, 9.17) is 21.1 Å². The maximum atomic E-state index is 12.4. The Labute approximate surface area is 182 Å². The summed E-state index contributed by atoms with van der Waals surface area (Å²) in [7, 11) is -2.51. The molecule has 0 saturated heterocycles. The van der Waals surface area contributed by atoms with Gasteiger partial charge < -0.3 is 9.47 Å². The van der Waals surface area contributed by atoms with Gasteiger partial charge in [-0.3, -0.25) is 5.32 Å². The Kier molecular flexibility index (Phi) is 7.27. The number of halogens is 1. The van der Waals surface area contributed by atoms with Gasteiger partial charge in [-0.05, 0) is 24.3 Å². The Bertz CT molecular complexity index is 1100. The molecule has 0 aliphatic carbocycles. The molecule has 0 aliphatic rings. The summed E-state index contributed by atoms with van der Waals surface area (Å²) in [5.74, 6) is 0. The fourth-order valence-electron chi connectivity index (χ4n) is 2.37. The quantitative estimate of drug-likeness (QED) is 0.485. The van der Waals surface area contributed by atoms with E-state index >= 15 is 0 Å². The van der Waals surface area contributed by atoms with Crippen LogP contribution in [0.4, 0.5) is 9.80 Å². The molecule has 1 heterocycles. The van der Waals surface area contributed by atoms with Crippen molar-refractivity contribution in [3.63, 3.8) is 0 Å². The summed E-state index contributed by atoms with van der Waals surface area (Å²) in [6.45, 7) is 0.664. The molecule has 0 aliphatic heterocycles. The maximum absolute atomic E-state index is 12.4. The lowest BCUT2D eigenvalue weighted by Gasteiger charge is -2.08. The van der Waals surface area contributed by atoms with E-state index in [2.05, 4.69) is 10.3 Å². The lowest BCUT2D eigenvalue weighted by molar-refractivity contribution is 0.146. The molecule has 0 unspecified atom stereocenters. The number of benzene rings is 2. The monoisotopic (exact) mass is 467 g/mol. The van der Waals surface area contributed by atoms with Crippen LogP contribution in [0.1, 0.15) is 0 Å². The third-order valence-electron chi connectivity index (χ3n) is 3.75. The van der Waals surface area contributed by atoms with Crippen LogP contribution < -0.4 is 14.8 Å². The second-order valence-electron chi connectivity index (χ2n) is 5.88. The number of sulfonamides is 1. The minimum atomic E-state index is -4.07. The highest BCUT2D eigenvalue weighted by Gasteiger charge is 2.21. The average molecular weight is 468 g/mol. The molecule has 3 rings (SSSR count). The minimum absolute atomic E-state index is 0.0850. The second-order valence-corrected chi connectivity index (χ2v) is 8.96. The van der Waals surface area contributed by atoms with Crippen molar-refractivity contribution < 1.29 is 22.7 Å². The van der Waals surface area contributed by atoms with Crippen LogP contribution in [0.3, 0.4) is 0 Å². The summed E-state index contributed by atoms with van der Waals surface area (Å²) in [6, 6.07) is 13.7. The van der Waals surface area contributed by atoms with Gasteiger partial charge in [0.25, 0.3) is 15.2 Å². The average Bonchev–Trinajstić information content (AvgIpc) is 3.11. The molecule has 0 fully saturated rings. The SMILES string of the molecule is COCCOc1nc(-c2ccccc2)c(NC(=O)NS(=O)(=O)c2ccc(Cl)cc2)s1. The van der Waals surface area contributed by atoms with Crippen LogP contribution in [-0.4, -0.2) is 39.8 Å². The number of carbonyl (C=O) groups excluding carboxylic acids is 1. The van der Waals surface area contributed by atoms with Crippen LogP contribution in [0.25, 0.3) is 11.3 Å². The van der Waals surface area contributed by atoms with Gasteiger partial charge in [0.15, 0.2) is 0 Å². The zero-order chi connectivity index (χ0) is 21.6. The van der Waals surface area contributed by atoms with Crippen LogP contribution in [0.5, 0.6) is 5.19 Å². The van der Waals surface area contributed by atoms with Crippen LogP contribution in [0.2, 0.25) is 5.02 Å². The number of aromatic nitrogens is 1. The summed E-state index contributed by atoms with van der Waals surface area (Å²) in [6.07, 6.45) is 0. The molecular weight excluding hydrogens is 450 g/mol. The van der Waals surface area contributed by atoms with Gasteiger partial charge in [0.2, 0.25) is 0 Å². The minimum Gasteiger partial charge on any atom is -0.468 e. The van der Waals surface area contributed by atoms with Crippen molar-refractivity contribution in [2.75, 3.05) is 25.6 Å². The molecule has 3 aromatic rings. The molecule has 2 N–H and O–H groups in total. The molecule has 158 valence electrons. The Morgan fingerprint density at radius 3 is 2.47 bits per heavy atom. The van der Waals surface area contributed by atoms with Crippen molar-refractivity contribution in [1.29, 1.82) is 0 Å². The first-order valence-electron chi connectivity index (χ1n) is 8.66. The zero-order valence-corrected chi connectivity index (χ0v) is 18.2. The fourth-order valence-corrected chi connectivity index (χ4v) is 4.27. The predicted octanol–water partition coefficient (Wildman–Crippen LogP) is 4.00. The number of amides is 2. The summed E-state index contributed by atoms with van der Waals surface area (Å²) < 4.78 is 37.3. The fraction of sp³-hybridized carbons (Fsp3) is 0.158. The topological polar surface area (TPSA) is 107 Å². The zero-order valence-electron chi connectivity index (χ0n) is 15.8. The first-order chi connectivity index (χ1) is 14.4. The van der Waals surface area contributed by atoms with Crippen LogP contribution >= 0.6 is 22.9 Å². The molecule has 1 aromatic heterocycles. The number of nitrogens with one attached hydrogen (secondary N) is 2. The molecule has 11 heteroatoms. The number of carbonyl (C=O) groups is 1. The molecule has 0 radical (unpaired) electrons. The maximum Gasteiger partial charge on any atom is 0.333 e. The Morgan fingerprint density at radius 1 is 1.10 bits per heavy atom. The summed E-state index contributed by atoms with van der Waals surface area (Å²) in [5.41, 5.74) is 1.21. The molecule has 2 amide bonds. The molecule has 0 spiro atoms. The molecule has 2 aromatic carbocycles. The van der Waals surface area contributed by atoms with Crippen LogP contribution in [-0.2, 0) is 14.8 Å². The number of nitrogens with zero attached hydrogens (tertiary/aromatic N) is 1. The molecular formula is C19H18ClN3O5S2. The van der Waals surface area contributed by atoms with Gasteiger partial charge >= 0.3 is 6.03 Å². The van der Waals surface area contributed by atoms with E-state index in [-0.39, 0.29) is 11.5 Å². The number of hydrogen-bond donors (Lipinski definition) is 2. The van der Waals surface area contributed by atoms with E-state index in [1.807, 2.05) is 35.1 Å². The van der Waals surface area contributed by atoms with E-state index in [0.29, 0.717) is 27.5 Å². The van der Waals surface area contributed by atoms with Crippen molar-refractivity contribution in [2.45, 2.75) is 4.90 Å². The van der Waals surface area contributed by atoms with Gasteiger partial charge in [-0.1, -0.05) is 53.3 Å². The number of anilines is 1. The Hall–Kier alpha value is -2.66. The molecule has 0 atom stereocenters. The third kappa shape index (κ3) is 5.70. The number of ether oxygens (including phenoxy) is 2. The number of urea groups is 1. The number of rotatable bonds is 8. The van der Waals surface area contributed by atoms with E-state index in [1.54, 1.807) is 7.11 Å². The van der Waals surface area contributed by atoms with Gasteiger partial charge in [-0.2, -0.15) is 0 Å². The van der Waals surface area contributed by atoms with E-state index < -0.39 is 16.1 Å². The Morgan fingerprint density at radius 2 is 1.80 bits per heavy atom. The van der Waals surface area contributed by atoms with E-state index in [0.717, 1.165) is 16.9 Å². The van der Waals surface area contributed by atoms with Crippen molar-refractivity contribution in [1.82, 2.24) is 9.71 Å². The lowest BCUT2D eigenvalue weighted by Crippen LogP contribution is -2.34. The van der Waals surface area contributed by atoms with Crippen molar-refractivity contribution in [3.8, 4) is 16.5 Å². The first-order valence-corrected chi connectivity index (χ1v) is 11.3. The van der Waals surface area contributed by atoms with E-state index in [9.17, 15) is 13.2 Å². The number of thiazole rings is 1. The predicted molar refractivity (Wildman–Crippen MR) is 116 cm³/mol. The van der Waals surface area contributed by atoms with Gasteiger partial charge in [0, 0.05) is 17.7 Å². The van der Waals surface area contributed by atoms with Gasteiger partial charge in [0.1, 0.15) is 17.3 Å². The standard InChI is InChI=1S/C19H18ClN3O5S2/c1-27-11-12-28-19-21-16(13-5-3-2-4-6-13)17(29-19)22-18(24)23-30(25,26)15-9-7-14(20)8-10-15/h2-10H,11-12H2,1H3,(H2,22,23,24). The molecule has 0 bridgehead atoms. The normalized spacial score (nSPS) is 11.1. The molecule has 30 heavy (non-hydrogen) atoms. The third-order valence-corrected chi connectivity index (χ3v) is 6.23. The van der Waals surface area contributed by atoms with Gasteiger partial charge in [0.05, 0.1) is 11.5 Å². The lowest BCUT2D eigenvalue weighted by atomic mass is 10.2. The van der Waals surface area contributed by atoms with E-state index in [1.165, 1.54) is 24.3 Å². The van der Waals surface area contributed by atoms with Crippen LogP contribution in [0, 0.1) is 0 Å². The summed E-state index contributed by atoms with van der Waals surface area (Å²) in [5, 5.41) is 3.60. The van der Waals surface area contributed by atoms with Crippen molar-refractivity contribution in [3.05, 3.63) is 59.6 Å². The number of hydrogen-bond acceptors (Lipinski definition) is 7. The largest absolute Gasteiger partial charge is 0.468 e.